The molecule has 0 spiro atoms. The summed E-state index contributed by atoms with van der Waals surface area (Å²) in [5, 5.41) is 22.4. The topological polar surface area (TPSA) is 164 Å². The minimum atomic E-state index is -2.73. The van der Waals surface area contributed by atoms with Crippen molar-refractivity contribution in [3.8, 4) is 11.5 Å². The maximum Gasteiger partial charge on any atom is 0.235 e. The lowest BCUT2D eigenvalue weighted by Gasteiger charge is -2.52. The highest BCUT2D eigenvalue weighted by Crippen LogP contribution is 2.51. The van der Waals surface area contributed by atoms with E-state index in [-0.39, 0.29) is 24.2 Å². The Morgan fingerprint density at radius 3 is 2.48 bits per heavy atom. The second kappa shape index (κ2) is 9.94. The Kier molecular flexibility index (Phi) is 6.87. The van der Waals surface area contributed by atoms with Crippen molar-refractivity contribution in [3.63, 3.8) is 0 Å². The van der Waals surface area contributed by atoms with E-state index >= 15 is 0 Å². The number of aryl methyl sites for hydroxylation is 2. The van der Waals surface area contributed by atoms with Gasteiger partial charge in [-0.3, -0.25) is 28.9 Å². The average molecular weight is 549 g/mol. The molecule has 6 atom stereocenters. The van der Waals surface area contributed by atoms with Crippen LogP contribution in [0.1, 0.15) is 33.5 Å². The van der Waals surface area contributed by atoms with Crippen LogP contribution in [0.4, 0.5) is 0 Å². The fourth-order valence-electron chi connectivity index (χ4n) is 7.01. The maximum atomic E-state index is 13.9. The molecule has 4 N–H and O–H groups in total. The third-order valence-corrected chi connectivity index (χ3v) is 8.86. The molecule has 2 fully saturated rings. The van der Waals surface area contributed by atoms with E-state index in [4.69, 9.17) is 10.5 Å². The van der Waals surface area contributed by atoms with Gasteiger partial charge in [0.25, 0.3) is 0 Å². The smallest absolute Gasteiger partial charge is 0.235 e. The van der Waals surface area contributed by atoms with Gasteiger partial charge in [-0.05, 0) is 80.6 Å². The molecule has 0 radical (unpaired) electrons. The van der Waals surface area contributed by atoms with E-state index in [2.05, 4.69) is 0 Å². The third-order valence-electron chi connectivity index (χ3n) is 8.86. The predicted octanol–water partition coefficient (Wildman–Crippen LogP) is 0.661. The van der Waals surface area contributed by atoms with Crippen LogP contribution < -0.4 is 10.5 Å². The Morgan fingerprint density at radius 1 is 1.10 bits per heavy atom. The summed E-state index contributed by atoms with van der Waals surface area (Å²) in [7, 11) is 4.71. The highest BCUT2D eigenvalue weighted by molar-refractivity contribution is 6.32. The van der Waals surface area contributed by atoms with Gasteiger partial charge < -0.3 is 20.7 Å². The Morgan fingerprint density at radius 2 is 1.82 bits per heavy atom. The SMILES string of the molecule is COc1cccc(CCc2ccc(O)c3c2C[C@H]2C[C@H]4[C@H](N(C)C)C(=O)C(C(N)=O)C(=O)[C@@]4(O)C(=O)C2C3=O)c1. The molecule has 0 aromatic heterocycles. The van der Waals surface area contributed by atoms with Crippen molar-refractivity contribution in [1.82, 2.24) is 4.90 Å². The number of benzene rings is 2. The first kappa shape index (κ1) is 27.7. The van der Waals surface area contributed by atoms with Crippen LogP contribution in [0.3, 0.4) is 0 Å². The van der Waals surface area contributed by atoms with Crippen LogP contribution in [0, 0.1) is 23.7 Å². The number of carbonyl (C=O) groups is 5. The van der Waals surface area contributed by atoms with Crippen molar-refractivity contribution in [1.29, 1.82) is 0 Å². The van der Waals surface area contributed by atoms with E-state index in [1.807, 2.05) is 24.3 Å². The monoisotopic (exact) mass is 548 g/mol. The minimum absolute atomic E-state index is 0.00902. The van der Waals surface area contributed by atoms with E-state index in [1.54, 1.807) is 27.3 Å². The first-order valence-corrected chi connectivity index (χ1v) is 13.2. The summed E-state index contributed by atoms with van der Waals surface area (Å²) < 4.78 is 5.30. The number of ether oxygens (including phenoxy) is 1. The lowest BCUT2D eigenvalue weighted by molar-refractivity contribution is -0.181. The number of rotatable bonds is 6. The molecule has 0 bridgehead atoms. The molecular formula is C30H32N2O8. The summed E-state index contributed by atoms with van der Waals surface area (Å²) in [4.78, 5) is 67.8. The molecule has 2 aromatic rings. The second-order valence-electron chi connectivity index (χ2n) is 11.2. The zero-order valence-electron chi connectivity index (χ0n) is 22.5. The van der Waals surface area contributed by atoms with Crippen molar-refractivity contribution in [2.24, 2.45) is 29.4 Å². The molecule has 2 unspecified atom stereocenters. The molecule has 0 saturated heterocycles. The number of aliphatic hydroxyl groups is 1. The van der Waals surface area contributed by atoms with Crippen molar-refractivity contribution in [2.75, 3.05) is 21.2 Å². The number of fused-ring (bicyclic) bond motifs is 3. The maximum absolute atomic E-state index is 13.9. The van der Waals surface area contributed by atoms with Gasteiger partial charge in [-0.2, -0.15) is 0 Å². The van der Waals surface area contributed by atoms with Gasteiger partial charge in [-0.15, -0.1) is 0 Å². The summed E-state index contributed by atoms with van der Waals surface area (Å²) >= 11 is 0. The van der Waals surface area contributed by atoms with Crippen molar-refractivity contribution < 1.29 is 38.9 Å². The molecule has 2 aromatic carbocycles. The summed E-state index contributed by atoms with van der Waals surface area (Å²) in [6.45, 7) is 0. The van der Waals surface area contributed by atoms with Gasteiger partial charge >= 0.3 is 0 Å². The van der Waals surface area contributed by atoms with Crippen molar-refractivity contribution in [2.45, 2.75) is 37.3 Å². The number of phenolic OH excluding ortho intramolecular Hbond substituents is 1. The predicted molar refractivity (Wildman–Crippen MR) is 142 cm³/mol. The van der Waals surface area contributed by atoms with Crippen molar-refractivity contribution >= 4 is 29.0 Å². The lowest BCUT2D eigenvalue weighted by atomic mass is 9.52. The number of Topliss-reactive ketones (excluding diaryl/α,β-unsaturated/α-hetero) is 4. The van der Waals surface area contributed by atoms with Gasteiger partial charge in [0, 0.05) is 5.92 Å². The van der Waals surface area contributed by atoms with E-state index < -0.39 is 64.4 Å². The number of hydrogen-bond donors (Lipinski definition) is 3. The zero-order chi connectivity index (χ0) is 29.1. The Balaban J connectivity index is 1.54. The summed E-state index contributed by atoms with van der Waals surface area (Å²) in [5.41, 5.74) is 5.12. The molecule has 2 saturated carbocycles. The molecular weight excluding hydrogens is 516 g/mol. The average Bonchev–Trinajstić information content (AvgIpc) is 2.90. The van der Waals surface area contributed by atoms with Crippen LogP contribution in [-0.2, 0) is 38.4 Å². The Hall–Kier alpha value is -3.89. The van der Waals surface area contributed by atoms with Crippen LogP contribution in [0.15, 0.2) is 36.4 Å². The molecule has 3 aliphatic rings. The number of methoxy groups -OCH3 is 1. The number of primary amides is 1. The fraction of sp³-hybridized carbons (Fsp3) is 0.433. The number of aromatic hydroxyl groups is 1. The van der Waals surface area contributed by atoms with E-state index in [1.165, 1.54) is 11.0 Å². The number of ketones is 4. The number of hydrogen-bond acceptors (Lipinski definition) is 9. The quantitative estimate of drug-likeness (QED) is 0.440. The highest BCUT2D eigenvalue weighted by Gasteiger charge is 2.69. The molecule has 10 heteroatoms. The largest absolute Gasteiger partial charge is 0.507 e. The Bertz CT molecular complexity index is 1450. The highest BCUT2D eigenvalue weighted by atomic mass is 16.5. The minimum Gasteiger partial charge on any atom is -0.507 e. The number of nitrogens with zero attached hydrogens (tertiary/aromatic N) is 1. The molecule has 0 aliphatic heterocycles. The van der Waals surface area contributed by atoms with E-state index in [9.17, 15) is 34.2 Å². The number of nitrogens with two attached hydrogens (primary N) is 1. The molecule has 1 amide bonds. The number of likely N-dealkylation sites (N-methyl/N-ethyl adjacent to an activating group) is 1. The van der Waals surface area contributed by atoms with Crippen LogP contribution in [0.5, 0.6) is 11.5 Å². The number of amides is 1. The van der Waals surface area contributed by atoms with Crippen LogP contribution >= 0.6 is 0 Å². The molecule has 3 aliphatic carbocycles. The van der Waals surface area contributed by atoms with Gasteiger partial charge in [0.15, 0.2) is 34.7 Å². The van der Waals surface area contributed by atoms with Gasteiger partial charge in [-0.1, -0.05) is 18.2 Å². The first-order valence-electron chi connectivity index (χ1n) is 13.2. The Labute approximate surface area is 231 Å². The van der Waals surface area contributed by atoms with Crippen LogP contribution in [0.25, 0.3) is 0 Å². The normalized spacial score (nSPS) is 29.6. The third kappa shape index (κ3) is 4.05. The lowest BCUT2D eigenvalue weighted by Crippen LogP contribution is -2.74. The second-order valence-corrected chi connectivity index (χ2v) is 11.2. The van der Waals surface area contributed by atoms with Gasteiger partial charge in [0.05, 0.1) is 24.6 Å². The summed E-state index contributed by atoms with van der Waals surface area (Å²) in [6, 6.07) is 9.68. The molecule has 10 nitrogen and oxygen atoms in total. The van der Waals surface area contributed by atoms with Crippen molar-refractivity contribution in [3.05, 3.63) is 58.7 Å². The molecule has 210 valence electrons. The van der Waals surface area contributed by atoms with Crippen LogP contribution in [-0.4, -0.2) is 77.0 Å². The standard InChI is InChI=1S/C30H32N2O8/c1-32(2)24-19-13-16-12-18-15(8-7-14-5-4-6-17(11-14)40-3)9-10-20(33)22(18)25(34)21(16)27(36)30(19,39)28(37)23(26(24)35)29(31)38/h4-6,9-11,16,19,21,23-24,33,39H,7-8,12-13H2,1-3H3,(H2,31,38)/t16-,19-,21?,23?,24-,30-/m0/s1. The zero-order valence-corrected chi connectivity index (χ0v) is 22.5. The number of carbonyl (C=O) groups excluding carboxylic acids is 5. The molecule has 40 heavy (non-hydrogen) atoms. The fourth-order valence-corrected chi connectivity index (χ4v) is 7.01. The van der Waals surface area contributed by atoms with E-state index in [0.717, 1.165) is 16.9 Å². The van der Waals surface area contributed by atoms with Gasteiger partial charge in [-0.25, -0.2) is 0 Å². The van der Waals surface area contributed by atoms with Gasteiger partial charge in [0.2, 0.25) is 5.91 Å². The first-order chi connectivity index (χ1) is 18.9. The van der Waals surface area contributed by atoms with Crippen LogP contribution in [0.2, 0.25) is 0 Å². The molecule has 5 rings (SSSR count). The summed E-state index contributed by atoms with van der Waals surface area (Å²) in [5.74, 6) is -9.71. The summed E-state index contributed by atoms with van der Waals surface area (Å²) in [6.07, 6.45) is 1.46. The molecule has 0 heterocycles. The number of phenols is 1. The van der Waals surface area contributed by atoms with Gasteiger partial charge in [0.1, 0.15) is 11.5 Å². The van der Waals surface area contributed by atoms with E-state index in [0.29, 0.717) is 18.4 Å².